The fourth-order valence-electron chi connectivity index (χ4n) is 2.31. The van der Waals surface area contributed by atoms with Crippen LogP contribution in [0.1, 0.15) is 6.92 Å². The van der Waals surface area contributed by atoms with Crippen molar-refractivity contribution in [2.24, 2.45) is 0 Å². The molecular formula is C17H16N2O3S2. The number of hydrogen-bond donors (Lipinski definition) is 1. The average Bonchev–Trinajstić information content (AvgIpc) is 3.01. The van der Waals surface area contributed by atoms with Crippen molar-refractivity contribution in [3.05, 3.63) is 47.8 Å². The van der Waals surface area contributed by atoms with Crippen LogP contribution >= 0.6 is 11.3 Å². The molecule has 0 aliphatic rings. The molecule has 5 nitrogen and oxygen atoms in total. The summed E-state index contributed by atoms with van der Waals surface area (Å²) in [7, 11) is -3.43. The Morgan fingerprint density at radius 1 is 1.17 bits per heavy atom. The Labute approximate surface area is 144 Å². The van der Waals surface area contributed by atoms with Crippen LogP contribution in [0, 0.1) is 0 Å². The van der Waals surface area contributed by atoms with E-state index in [4.69, 9.17) is 0 Å². The summed E-state index contributed by atoms with van der Waals surface area (Å²) in [5.74, 6) is -0.573. The SMILES string of the molecule is CC(C(=O)Nc1nc(-c2cccc3ccccc23)cs1)S(C)(=O)=O. The molecule has 1 amide bonds. The zero-order valence-electron chi connectivity index (χ0n) is 13.2. The second-order valence-electron chi connectivity index (χ2n) is 5.53. The van der Waals surface area contributed by atoms with Gasteiger partial charge in [-0.3, -0.25) is 4.79 Å². The maximum absolute atomic E-state index is 12.0. The number of fused-ring (bicyclic) bond motifs is 1. The second kappa shape index (κ2) is 6.33. The van der Waals surface area contributed by atoms with Crippen LogP contribution in [-0.4, -0.2) is 30.8 Å². The standard InChI is InChI=1S/C17H16N2O3S2/c1-11(24(2,21)22)16(20)19-17-18-15(10-23-17)14-9-5-7-12-6-3-4-8-13(12)14/h3-11H,1-2H3,(H,18,19,20). The number of carbonyl (C=O) groups is 1. The Hall–Kier alpha value is -2.25. The van der Waals surface area contributed by atoms with E-state index in [0.29, 0.717) is 5.13 Å². The summed E-state index contributed by atoms with van der Waals surface area (Å²) < 4.78 is 22.9. The van der Waals surface area contributed by atoms with E-state index in [2.05, 4.69) is 10.3 Å². The summed E-state index contributed by atoms with van der Waals surface area (Å²) >= 11 is 1.27. The van der Waals surface area contributed by atoms with E-state index in [1.807, 2.05) is 47.8 Å². The Morgan fingerprint density at radius 3 is 2.62 bits per heavy atom. The van der Waals surface area contributed by atoms with Crippen LogP contribution in [0.5, 0.6) is 0 Å². The molecule has 0 radical (unpaired) electrons. The van der Waals surface area contributed by atoms with E-state index >= 15 is 0 Å². The lowest BCUT2D eigenvalue weighted by Gasteiger charge is -2.08. The third-order valence-corrected chi connectivity index (χ3v) is 6.07. The van der Waals surface area contributed by atoms with Gasteiger partial charge in [-0.1, -0.05) is 42.5 Å². The molecular weight excluding hydrogens is 344 g/mol. The van der Waals surface area contributed by atoms with Crippen LogP contribution < -0.4 is 5.32 Å². The number of thiazole rings is 1. The van der Waals surface area contributed by atoms with Crippen LogP contribution in [0.3, 0.4) is 0 Å². The minimum absolute atomic E-state index is 0.387. The van der Waals surface area contributed by atoms with Crippen LogP contribution in [0.25, 0.3) is 22.0 Å². The first-order valence-corrected chi connectivity index (χ1v) is 10.1. The molecule has 0 saturated carbocycles. The van der Waals surface area contributed by atoms with Crippen molar-refractivity contribution in [1.29, 1.82) is 0 Å². The lowest BCUT2D eigenvalue weighted by Crippen LogP contribution is -2.31. The topological polar surface area (TPSA) is 76.1 Å². The summed E-state index contributed by atoms with van der Waals surface area (Å²) in [6, 6.07) is 14.0. The van der Waals surface area contributed by atoms with Crippen molar-refractivity contribution < 1.29 is 13.2 Å². The number of sulfone groups is 1. The number of nitrogens with zero attached hydrogens (tertiary/aromatic N) is 1. The molecule has 0 aliphatic carbocycles. The molecule has 124 valence electrons. The first kappa shape index (κ1) is 16.6. The number of carbonyl (C=O) groups excluding carboxylic acids is 1. The van der Waals surface area contributed by atoms with Crippen molar-refractivity contribution >= 4 is 43.0 Å². The van der Waals surface area contributed by atoms with E-state index in [9.17, 15) is 13.2 Å². The smallest absolute Gasteiger partial charge is 0.244 e. The molecule has 0 bridgehead atoms. The normalized spacial score (nSPS) is 12.9. The number of rotatable bonds is 4. The molecule has 1 atom stereocenters. The van der Waals surface area contributed by atoms with Crippen LogP contribution in [0.4, 0.5) is 5.13 Å². The van der Waals surface area contributed by atoms with Gasteiger partial charge in [-0.05, 0) is 17.7 Å². The second-order valence-corrected chi connectivity index (χ2v) is 8.75. The third kappa shape index (κ3) is 3.32. The summed E-state index contributed by atoms with van der Waals surface area (Å²) in [4.78, 5) is 16.4. The molecule has 0 spiro atoms. The summed E-state index contributed by atoms with van der Waals surface area (Å²) in [6.45, 7) is 1.36. The van der Waals surface area contributed by atoms with Crippen molar-refractivity contribution in [3.8, 4) is 11.3 Å². The largest absolute Gasteiger partial charge is 0.301 e. The highest BCUT2D eigenvalue weighted by Gasteiger charge is 2.24. The first-order chi connectivity index (χ1) is 11.4. The molecule has 1 N–H and O–H groups in total. The number of benzene rings is 2. The fraction of sp³-hybridized carbons (Fsp3) is 0.176. The quantitative estimate of drug-likeness (QED) is 0.774. The van der Waals surface area contributed by atoms with E-state index in [1.165, 1.54) is 18.3 Å². The number of hydrogen-bond acceptors (Lipinski definition) is 5. The third-order valence-electron chi connectivity index (χ3n) is 3.81. The number of aromatic nitrogens is 1. The van der Waals surface area contributed by atoms with Crippen molar-refractivity contribution in [2.45, 2.75) is 12.2 Å². The molecule has 3 aromatic rings. The predicted molar refractivity (Wildman–Crippen MR) is 98.0 cm³/mol. The molecule has 1 aromatic heterocycles. The predicted octanol–water partition coefficient (Wildman–Crippen LogP) is 3.33. The van der Waals surface area contributed by atoms with Gasteiger partial charge in [0, 0.05) is 17.2 Å². The Balaban J connectivity index is 1.89. The van der Waals surface area contributed by atoms with Gasteiger partial charge in [-0.25, -0.2) is 13.4 Å². The molecule has 7 heteroatoms. The highest BCUT2D eigenvalue weighted by atomic mass is 32.2. The van der Waals surface area contributed by atoms with Gasteiger partial charge in [0.1, 0.15) is 5.25 Å². The van der Waals surface area contributed by atoms with Crippen LogP contribution in [-0.2, 0) is 14.6 Å². The molecule has 1 unspecified atom stereocenters. The van der Waals surface area contributed by atoms with Gasteiger partial charge in [0.05, 0.1) is 5.69 Å². The maximum Gasteiger partial charge on any atom is 0.244 e. The lowest BCUT2D eigenvalue weighted by molar-refractivity contribution is -0.115. The molecule has 1 heterocycles. The first-order valence-electron chi connectivity index (χ1n) is 7.29. The highest BCUT2D eigenvalue weighted by Crippen LogP contribution is 2.31. The lowest BCUT2D eigenvalue weighted by atomic mass is 10.0. The van der Waals surface area contributed by atoms with Gasteiger partial charge in [0.2, 0.25) is 5.91 Å². The molecule has 0 aliphatic heterocycles. The Morgan fingerprint density at radius 2 is 1.88 bits per heavy atom. The molecule has 0 fully saturated rings. The molecule has 0 saturated heterocycles. The van der Waals surface area contributed by atoms with Crippen LogP contribution in [0.2, 0.25) is 0 Å². The highest BCUT2D eigenvalue weighted by molar-refractivity contribution is 7.92. The Kier molecular flexibility index (Phi) is 4.38. The number of nitrogens with one attached hydrogen (secondary N) is 1. The zero-order chi connectivity index (χ0) is 17.3. The average molecular weight is 360 g/mol. The minimum atomic E-state index is -3.43. The maximum atomic E-state index is 12.0. The molecule has 3 rings (SSSR count). The minimum Gasteiger partial charge on any atom is -0.301 e. The number of amides is 1. The van der Waals surface area contributed by atoms with Gasteiger partial charge >= 0.3 is 0 Å². The van der Waals surface area contributed by atoms with Gasteiger partial charge < -0.3 is 5.32 Å². The van der Waals surface area contributed by atoms with Gasteiger partial charge in [-0.2, -0.15) is 0 Å². The van der Waals surface area contributed by atoms with E-state index < -0.39 is 21.0 Å². The van der Waals surface area contributed by atoms with Crippen LogP contribution in [0.15, 0.2) is 47.8 Å². The van der Waals surface area contributed by atoms with Crippen molar-refractivity contribution in [2.75, 3.05) is 11.6 Å². The van der Waals surface area contributed by atoms with E-state index in [0.717, 1.165) is 28.3 Å². The van der Waals surface area contributed by atoms with Gasteiger partial charge in [0.25, 0.3) is 0 Å². The zero-order valence-corrected chi connectivity index (χ0v) is 14.8. The summed E-state index contributed by atoms with van der Waals surface area (Å²) in [5.41, 5.74) is 1.72. The van der Waals surface area contributed by atoms with Crippen molar-refractivity contribution in [1.82, 2.24) is 4.98 Å². The van der Waals surface area contributed by atoms with Crippen molar-refractivity contribution in [3.63, 3.8) is 0 Å². The molecule has 2 aromatic carbocycles. The monoisotopic (exact) mass is 360 g/mol. The number of anilines is 1. The summed E-state index contributed by atoms with van der Waals surface area (Å²) in [6.07, 6.45) is 1.04. The fourth-order valence-corrected chi connectivity index (χ4v) is 3.47. The molecule has 24 heavy (non-hydrogen) atoms. The van der Waals surface area contributed by atoms with Gasteiger partial charge in [0.15, 0.2) is 15.0 Å². The summed E-state index contributed by atoms with van der Waals surface area (Å²) in [5, 5.41) is 5.89. The van der Waals surface area contributed by atoms with Gasteiger partial charge in [-0.15, -0.1) is 11.3 Å². The Bertz CT molecular complexity index is 1000. The van der Waals surface area contributed by atoms with E-state index in [1.54, 1.807) is 0 Å². The van der Waals surface area contributed by atoms with E-state index in [-0.39, 0.29) is 0 Å².